The van der Waals surface area contributed by atoms with E-state index in [0.29, 0.717) is 11.3 Å². The molecule has 0 bridgehead atoms. The molecule has 2 heterocycles. The standard InChI is InChI=1S/C6H3N5O3.C3H7NO2/c1-7-11-4(12)2-3(10-6(11)14)9-5(13)8-2;1-2-6-3(4)5/h(H,10,14)(H2,8,9,13);2H2,1H3,(H2,4,5). The molecule has 0 aliphatic carbocycles. The van der Waals surface area contributed by atoms with Crippen molar-refractivity contribution in [2.45, 2.75) is 6.92 Å². The van der Waals surface area contributed by atoms with Crippen LogP contribution >= 0.6 is 0 Å². The Bertz CT molecular complexity index is 831. The number of nitrogens with zero attached hydrogens (tertiary/aromatic N) is 2. The topological polar surface area (TPSA) is 160 Å². The SMILES string of the molecule is CCOC(N)=O.[C-]#[N+]n1c(=O)[nH]c2[nH]c(=O)[nH]c2c1=O. The number of nitrogens with one attached hydrogen (secondary N) is 3. The van der Waals surface area contributed by atoms with Gasteiger partial charge in [-0.2, -0.15) is 6.57 Å². The van der Waals surface area contributed by atoms with Crippen LogP contribution in [0.2, 0.25) is 0 Å². The summed E-state index contributed by atoms with van der Waals surface area (Å²) in [7, 11) is 0. The lowest BCUT2D eigenvalue weighted by atomic mass is 10.5. The highest BCUT2D eigenvalue weighted by atomic mass is 16.5. The van der Waals surface area contributed by atoms with E-state index in [9.17, 15) is 19.2 Å². The van der Waals surface area contributed by atoms with Crippen LogP contribution in [-0.2, 0) is 4.74 Å². The first kappa shape index (κ1) is 14.8. The number of hydrogen-bond acceptors (Lipinski definition) is 5. The minimum atomic E-state index is -0.882. The van der Waals surface area contributed by atoms with Crippen LogP contribution in [0.4, 0.5) is 4.79 Å². The predicted molar refractivity (Wildman–Crippen MR) is 67.0 cm³/mol. The number of nitrogens with two attached hydrogens (primary N) is 1. The monoisotopic (exact) mass is 282 g/mol. The minimum absolute atomic E-state index is 0.00935. The van der Waals surface area contributed by atoms with Crippen molar-refractivity contribution in [3.05, 3.63) is 42.8 Å². The third-order valence-electron chi connectivity index (χ3n) is 1.94. The van der Waals surface area contributed by atoms with E-state index in [2.05, 4.69) is 30.4 Å². The minimum Gasteiger partial charge on any atom is -0.450 e. The van der Waals surface area contributed by atoms with E-state index < -0.39 is 23.0 Å². The van der Waals surface area contributed by atoms with E-state index in [1.54, 1.807) is 6.92 Å². The maximum Gasteiger partial charge on any atom is 0.404 e. The number of aromatic nitrogens is 4. The van der Waals surface area contributed by atoms with Crippen molar-refractivity contribution in [1.29, 1.82) is 0 Å². The highest BCUT2D eigenvalue weighted by molar-refractivity contribution is 5.67. The van der Waals surface area contributed by atoms with Gasteiger partial charge in [-0.25, -0.2) is 14.4 Å². The first-order valence-electron chi connectivity index (χ1n) is 5.18. The fourth-order valence-corrected chi connectivity index (χ4v) is 1.23. The first-order chi connectivity index (χ1) is 9.40. The van der Waals surface area contributed by atoms with Crippen molar-refractivity contribution in [2.24, 2.45) is 5.73 Å². The maximum atomic E-state index is 11.3. The smallest absolute Gasteiger partial charge is 0.404 e. The van der Waals surface area contributed by atoms with Crippen LogP contribution in [0.15, 0.2) is 14.4 Å². The number of primary amides is 1. The molecule has 0 aliphatic heterocycles. The molecular weight excluding hydrogens is 272 g/mol. The maximum absolute atomic E-state index is 11.3. The molecule has 5 N–H and O–H groups in total. The van der Waals surface area contributed by atoms with Gasteiger partial charge < -0.3 is 10.5 Å². The van der Waals surface area contributed by atoms with Gasteiger partial charge in [-0.1, -0.05) is 0 Å². The summed E-state index contributed by atoms with van der Waals surface area (Å²) < 4.78 is 4.48. The molecule has 0 fully saturated rings. The Labute approximate surface area is 109 Å². The lowest BCUT2D eigenvalue weighted by Gasteiger charge is -1.89. The van der Waals surface area contributed by atoms with E-state index in [-0.39, 0.29) is 11.2 Å². The number of H-pyrrole nitrogens is 3. The van der Waals surface area contributed by atoms with Crippen LogP contribution in [0.1, 0.15) is 6.92 Å². The molecule has 0 saturated carbocycles. The van der Waals surface area contributed by atoms with Crippen molar-refractivity contribution < 1.29 is 9.53 Å². The zero-order valence-electron chi connectivity index (χ0n) is 10.2. The normalized spacial score (nSPS) is 9.40. The number of carbonyl (C=O) groups excluding carboxylic acids is 1. The van der Waals surface area contributed by atoms with Crippen molar-refractivity contribution in [3.63, 3.8) is 0 Å². The van der Waals surface area contributed by atoms with Gasteiger partial charge in [-0.05, 0) is 6.92 Å². The van der Waals surface area contributed by atoms with Crippen molar-refractivity contribution in [1.82, 2.24) is 19.6 Å². The van der Waals surface area contributed by atoms with Gasteiger partial charge in [0.25, 0.3) is 0 Å². The molecule has 0 aromatic carbocycles. The second-order valence-corrected chi connectivity index (χ2v) is 3.23. The number of fused-ring (bicyclic) bond motifs is 1. The highest BCUT2D eigenvalue weighted by Gasteiger charge is 2.12. The number of amides is 1. The molecule has 11 heteroatoms. The number of aromatic amines is 3. The third kappa shape index (κ3) is 3.13. The van der Waals surface area contributed by atoms with E-state index in [1.807, 2.05) is 0 Å². The zero-order chi connectivity index (χ0) is 15.3. The Hall–Kier alpha value is -3.29. The van der Waals surface area contributed by atoms with Gasteiger partial charge in [0.2, 0.25) is 0 Å². The van der Waals surface area contributed by atoms with Crippen LogP contribution in [0.25, 0.3) is 16.1 Å². The lowest BCUT2D eigenvalue weighted by Crippen LogP contribution is -2.30. The molecule has 2 aromatic rings. The predicted octanol–water partition coefficient (Wildman–Crippen LogP) is -1.51. The van der Waals surface area contributed by atoms with Crippen molar-refractivity contribution in [3.8, 4) is 0 Å². The second-order valence-electron chi connectivity index (χ2n) is 3.23. The molecule has 0 saturated heterocycles. The Morgan fingerprint density at radius 3 is 2.45 bits per heavy atom. The Morgan fingerprint density at radius 1 is 1.35 bits per heavy atom. The Morgan fingerprint density at radius 2 is 2.00 bits per heavy atom. The molecule has 0 radical (unpaired) electrons. The van der Waals surface area contributed by atoms with E-state index in [0.717, 1.165) is 0 Å². The molecule has 0 spiro atoms. The number of rotatable bonds is 1. The highest BCUT2D eigenvalue weighted by Crippen LogP contribution is 1.91. The van der Waals surface area contributed by atoms with E-state index >= 15 is 0 Å². The summed E-state index contributed by atoms with van der Waals surface area (Å²) in [5.74, 6) is 0. The first-order valence-corrected chi connectivity index (χ1v) is 5.18. The van der Waals surface area contributed by atoms with Crippen molar-refractivity contribution in [2.75, 3.05) is 6.61 Å². The molecule has 106 valence electrons. The average Bonchev–Trinajstić information content (AvgIpc) is 2.71. The fourth-order valence-electron chi connectivity index (χ4n) is 1.23. The molecule has 20 heavy (non-hydrogen) atoms. The Kier molecular flexibility index (Phi) is 4.47. The van der Waals surface area contributed by atoms with E-state index in [4.69, 9.17) is 6.57 Å². The van der Waals surface area contributed by atoms with Gasteiger partial charge in [0.1, 0.15) is 5.65 Å². The van der Waals surface area contributed by atoms with Crippen molar-refractivity contribution >= 4 is 17.3 Å². The summed E-state index contributed by atoms with van der Waals surface area (Å²) in [4.78, 5) is 52.0. The van der Waals surface area contributed by atoms with Gasteiger partial charge in [0.15, 0.2) is 5.52 Å². The Balaban J connectivity index is 0.000000286. The molecule has 0 unspecified atom stereocenters. The quantitative estimate of drug-likeness (QED) is 0.467. The molecular formula is C9H10N6O5. The fraction of sp³-hybridized carbons (Fsp3) is 0.222. The molecule has 11 nitrogen and oxygen atoms in total. The van der Waals surface area contributed by atoms with Gasteiger partial charge >= 0.3 is 23.0 Å². The molecule has 0 atom stereocenters. The molecule has 0 aliphatic rings. The summed E-state index contributed by atoms with van der Waals surface area (Å²) >= 11 is 0. The van der Waals surface area contributed by atoms with Gasteiger partial charge in [-0.3, -0.25) is 19.7 Å². The van der Waals surface area contributed by atoms with Crippen LogP contribution in [-0.4, -0.2) is 32.3 Å². The van der Waals surface area contributed by atoms with Crippen LogP contribution in [0.5, 0.6) is 0 Å². The number of imidazole rings is 1. The molecule has 1 amide bonds. The van der Waals surface area contributed by atoms with Gasteiger partial charge in [0, 0.05) is 0 Å². The van der Waals surface area contributed by atoms with Gasteiger partial charge in [0.05, 0.1) is 11.3 Å². The molecule has 2 rings (SSSR count). The summed E-state index contributed by atoms with van der Waals surface area (Å²) in [5.41, 5.74) is 2.07. The van der Waals surface area contributed by atoms with Crippen LogP contribution in [0, 0.1) is 6.57 Å². The number of ether oxygens (including phenoxy) is 1. The summed E-state index contributed by atoms with van der Waals surface area (Å²) in [6, 6.07) is 0. The lowest BCUT2D eigenvalue weighted by molar-refractivity contribution is 0.163. The third-order valence-corrected chi connectivity index (χ3v) is 1.94. The largest absolute Gasteiger partial charge is 0.450 e. The summed E-state index contributed by atoms with van der Waals surface area (Å²) in [6.45, 7) is 8.63. The van der Waals surface area contributed by atoms with Crippen LogP contribution < -0.4 is 22.7 Å². The molecule has 2 aromatic heterocycles. The summed E-state index contributed by atoms with van der Waals surface area (Å²) in [6.07, 6.45) is -0.711. The van der Waals surface area contributed by atoms with Gasteiger partial charge in [-0.15, -0.1) is 4.95 Å². The summed E-state index contributed by atoms with van der Waals surface area (Å²) in [5, 5.41) is 0. The zero-order valence-corrected chi connectivity index (χ0v) is 10.2. The van der Waals surface area contributed by atoms with Crippen LogP contribution in [0.3, 0.4) is 0 Å². The van der Waals surface area contributed by atoms with E-state index in [1.165, 1.54) is 0 Å². The number of carbonyl (C=O) groups is 1. The average molecular weight is 282 g/mol. The number of hydrogen-bond donors (Lipinski definition) is 4. The second kappa shape index (κ2) is 6.05.